The van der Waals surface area contributed by atoms with Gasteiger partial charge in [0.1, 0.15) is 11.4 Å². The lowest BCUT2D eigenvalue weighted by Crippen LogP contribution is -2.47. The summed E-state index contributed by atoms with van der Waals surface area (Å²) in [7, 11) is 0. The predicted molar refractivity (Wildman–Crippen MR) is 186 cm³/mol. The summed E-state index contributed by atoms with van der Waals surface area (Å²) < 4.78 is 1.98. The Morgan fingerprint density at radius 2 is 1.53 bits per heavy atom. The van der Waals surface area contributed by atoms with E-state index in [1.165, 1.54) is 38.8 Å². The number of quaternary nitrogens is 1. The SMILES string of the molecule is CC[N+](CC)(CCCCN(Cc1ccc2ccccc2c1)C(=O)c1sc2cc(Cl)ccc2c1Cl)Cc1cc(C)cc(C)c1. The van der Waals surface area contributed by atoms with Gasteiger partial charge >= 0.3 is 0 Å². The molecule has 0 saturated heterocycles. The van der Waals surface area contributed by atoms with Crippen LogP contribution in [0.25, 0.3) is 20.9 Å². The number of hydrogen-bond acceptors (Lipinski definition) is 2. The van der Waals surface area contributed by atoms with Crippen molar-refractivity contribution in [2.45, 2.75) is 53.6 Å². The van der Waals surface area contributed by atoms with E-state index in [1.54, 1.807) is 0 Å². The fourth-order valence-corrected chi connectivity index (χ4v) is 8.03. The standard InChI is InChI=1S/C37H41Cl2N2OS/c1-5-41(6-2,25-29-20-26(3)19-27(4)21-29)18-10-9-17-40(24-28-13-14-30-11-7-8-12-31(30)22-28)37(42)36-35(39)33-16-15-32(38)23-34(33)43-36/h7-8,11-16,19-23H,5-6,9-10,17-18,24-25H2,1-4H3/q+1. The van der Waals surface area contributed by atoms with Crippen LogP contribution in [0.3, 0.4) is 0 Å². The lowest BCUT2D eigenvalue weighted by atomic mass is 10.1. The molecule has 0 aliphatic heterocycles. The maximum absolute atomic E-state index is 14.1. The highest BCUT2D eigenvalue weighted by molar-refractivity contribution is 7.21. The second kappa shape index (κ2) is 13.8. The highest BCUT2D eigenvalue weighted by Crippen LogP contribution is 2.37. The lowest BCUT2D eigenvalue weighted by molar-refractivity contribution is -0.938. The summed E-state index contributed by atoms with van der Waals surface area (Å²) in [5.74, 6) is -0.0162. The number of aryl methyl sites for hydroxylation is 2. The topological polar surface area (TPSA) is 20.3 Å². The van der Waals surface area contributed by atoms with Gasteiger partial charge in [0.25, 0.3) is 5.91 Å². The Morgan fingerprint density at radius 1 is 0.814 bits per heavy atom. The van der Waals surface area contributed by atoms with E-state index in [1.807, 2.05) is 23.1 Å². The van der Waals surface area contributed by atoms with Gasteiger partial charge in [-0.15, -0.1) is 11.3 Å². The zero-order valence-corrected chi connectivity index (χ0v) is 28.0. The highest BCUT2D eigenvalue weighted by atomic mass is 35.5. The molecule has 0 atom stereocenters. The molecule has 0 saturated carbocycles. The average molecular weight is 633 g/mol. The Hall–Kier alpha value is -2.89. The van der Waals surface area contributed by atoms with Gasteiger partial charge in [-0.25, -0.2) is 0 Å². The van der Waals surface area contributed by atoms with Gasteiger partial charge in [-0.1, -0.05) is 95.0 Å². The zero-order valence-electron chi connectivity index (χ0n) is 25.6. The molecule has 1 amide bonds. The number of benzene rings is 4. The van der Waals surface area contributed by atoms with Crippen molar-refractivity contribution in [3.8, 4) is 0 Å². The number of halogens is 2. The molecule has 1 aromatic heterocycles. The molecule has 0 spiro atoms. The summed E-state index contributed by atoms with van der Waals surface area (Å²) in [6, 6.07) is 27.4. The first-order valence-electron chi connectivity index (χ1n) is 15.3. The normalized spacial score (nSPS) is 11.9. The van der Waals surface area contributed by atoms with Crippen molar-refractivity contribution >= 4 is 61.3 Å². The molecule has 0 bridgehead atoms. The molecule has 224 valence electrons. The van der Waals surface area contributed by atoms with Crippen molar-refractivity contribution in [1.82, 2.24) is 4.90 Å². The monoisotopic (exact) mass is 631 g/mol. The van der Waals surface area contributed by atoms with Gasteiger partial charge in [-0.05, 0) is 75.1 Å². The van der Waals surface area contributed by atoms with E-state index in [9.17, 15) is 4.79 Å². The second-order valence-electron chi connectivity index (χ2n) is 11.9. The van der Waals surface area contributed by atoms with Crippen molar-refractivity contribution < 1.29 is 9.28 Å². The van der Waals surface area contributed by atoms with Crippen molar-refractivity contribution in [1.29, 1.82) is 0 Å². The average Bonchev–Trinajstić information content (AvgIpc) is 3.32. The molecule has 4 aromatic carbocycles. The van der Waals surface area contributed by atoms with E-state index < -0.39 is 0 Å². The molecular formula is C37H41Cl2N2OS+. The van der Waals surface area contributed by atoms with Gasteiger partial charge in [0.2, 0.25) is 0 Å². The van der Waals surface area contributed by atoms with Crippen LogP contribution in [-0.2, 0) is 13.1 Å². The largest absolute Gasteiger partial charge is 0.334 e. The zero-order chi connectivity index (χ0) is 30.6. The van der Waals surface area contributed by atoms with Gasteiger partial charge in [0.15, 0.2) is 0 Å². The predicted octanol–water partition coefficient (Wildman–Crippen LogP) is 10.5. The first-order chi connectivity index (χ1) is 20.7. The maximum atomic E-state index is 14.1. The number of thiophene rings is 1. The van der Waals surface area contributed by atoms with E-state index in [-0.39, 0.29) is 5.91 Å². The third-order valence-electron chi connectivity index (χ3n) is 8.71. The Morgan fingerprint density at radius 3 is 2.26 bits per heavy atom. The van der Waals surface area contributed by atoms with Crippen LogP contribution in [0.1, 0.15) is 58.6 Å². The van der Waals surface area contributed by atoms with Crippen LogP contribution >= 0.6 is 34.5 Å². The summed E-state index contributed by atoms with van der Waals surface area (Å²) in [6.45, 7) is 14.5. The van der Waals surface area contributed by atoms with Gasteiger partial charge < -0.3 is 9.38 Å². The summed E-state index contributed by atoms with van der Waals surface area (Å²) in [5, 5.41) is 4.43. The number of carbonyl (C=O) groups excluding carboxylic acids is 1. The molecule has 3 nitrogen and oxygen atoms in total. The molecule has 0 N–H and O–H groups in total. The van der Waals surface area contributed by atoms with Crippen LogP contribution in [0.15, 0.2) is 78.9 Å². The molecule has 6 heteroatoms. The van der Waals surface area contributed by atoms with E-state index in [0.29, 0.717) is 28.0 Å². The summed E-state index contributed by atoms with van der Waals surface area (Å²) in [5.41, 5.74) is 5.18. The van der Waals surface area contributed by atoms with E-state index in [4.69, 9.17) is 23.2 Å². The number of nitrogens with zero attached hydrogens (tertiary/aromatic N) is 2. The molecule has 0 unspecified atom stereocenters. The minimum absolute atomic E-state index is 0.0162. The van der Waals surface area contributed by atoms with E-state index in [2.05, 4.69) is 88.4 Å². The fourth-order valence-electron chi connectivity index (χ4n) is 6.27. The van der Waals surface area contributed by atoms with Crippen LogP contribution < -0.4 is 0 Å². The third-order valence-corrected chi connectivity index (χ3v) is 10.6. The number of carbonyl (C=O) groups is 1. The molecule has 5 aromatic rings. The molecular weight excluding hydrogens is 591 g/mol. The molecule has 0 aliphatic rings. The number of fused-ring (bicyclic) bond motifs is 2. The van der Waals surface area contributed by atoms with Gasteiger partial charge in [0.05, 0.1) is 24.7 Å². The number of hydrogen-bond donors (Lipinski definition) is 0. The Kier molecular flexibility index (Phi) is 10.1. The van der Waals surface area contributed by atoms with Crippen LogP contribution in [0.2, 0.25) is 10.0 Å². The molecule has 0 fully saturated rings. The fraction of sp³-hybridized carbons (Fsp3) is 0.324. The number of rotatable bonds is 12. The minimum atomic E-state index is -0.0162. The maximum Gasteiger partial charge on any atom is 0.265 e. The van der Waals surface area contributed by atoms with Crippen LogP contribution in [0, 0.1) is 13.8 Å². The molecule has 1 heterocycles. The van der Waals surface area contributed by atoms with Crippen molar-refractivity contribution in [3.05, 3.63) is 116 Å². The van der Waals surface area contributed by atoms with Gasteiger partial charge in [-0.3, -0.25) is 4.79 Å². The molecule has 0 aliphatic carbocycles. The minimum Gasteiger partial charge on any atom is -0.334 e. The second-order valence-corrected chi connectivity index (χ2v) is 13.7. The van der Waals surface area contributed by atoms with E-state index >= 15 is 0 Å². The molecule has 43 heavy (non-hydrogen) atoms. The quantitative estimate of drug-likeness (QED) is 0.0990. The van der Waals surface area contributed by atoms with Gasteiger partial charge in [-0.2, -0.15) is 0 Å². The first kappa shape index (κ1) is 31.5. The van der Waals surface area contributed by atoms with Crippen molar-refractivity contribution in [3.63, 3.8) is 0 Å². The number of amides is 1. The highest BCUT2D eigenvalue weighted by Gasteiger charge is 2.26. The Bertz CT molecular complexity index is 1720. The summed E-state index contributed by atoms with van der Waals surface area (Å²) in [4.78, 5) is 16.7. The van der Waals surface area contributed by atoms with Crippen LogP contribution in [0.5, 0.6) is 0 Å². The summed E-state index contributed by atoms with van der Waals surface area (Å²) >= 11 is 14.5. The lowest BCUT2D eigenvalue weighted by Gasteiger charge is -2.37. The Labute approximate surface area is 270 Å². The van der Waals surface area contributed by atoms with Crippen LogP contribution in [-0.4, -0.2) is 41.5 Å². The Balaban J connectivity index is 1.35. The van der Waals surface area contributed by atoms with Crippen LogP contribution in [0.4, 0.5) is 0 Å². The smallest absolute Gasteiger partial charge is 0.265 e. The first-order valence-corrected chi connectivity index (χ1v) is 16.8. The number of unbranched alkanes of at least 4 members (excludes halogenated alkanes) is 1. The van der Waals surface area contributed by atoms with Crippen molar-refractivity contribution in [2.24, 2.45) is 0 Å². The summed E-state index contributed by atoms with van der Waals surface area (Å²) in [6.07, 6.45) is 1.98. The molecule has 0 radical (unpaired) electrons. The molecule has 5 rings (SSSR count). The van der Waals surface area contributed by atoms with E-state index in [0.717, 1.165) is 59.2 Å². The van der Waals surface area contributed by atoms with Crippen molar-refractivity contribution in [2.75, 3.05) is 26.2 Å². The third kappa shape index (κ3) is 7.44. The van der Waals surface area contributed by atoms with Gasteiger partial charge in [0, 0.05) is 33.8 Å².